The van der Waals surface area contributed by atoms with Crippen LogP contribution in [0.2, 0.25) is 0 Å². The fraction of sp³-hybridized carbons (Fsp3) is 0.333. The number of hydrogen-bond acceptors (Lipinski definition) is 3. The van der Waals surface area contributed by atoms with Crippen molar-refractivity contribution in [3.63, 3.8) is 0 Å². The molecule has 2 aromatic carbocycles. The first-order valence-corrected chi connectivity index (χ1v) is 8.54. The molecule has 0 spiro atoms. The van der Waals surface area contributed by atoms with Crippen LogP contribution in [0.15, 0.2) is 52.9 Å². The SMILES string of the molecule is CCCCc1oc2ccccc2c1C(O)Cc1ccc(OC)cc1. The summed E-state index contributed by atoms with van der Waals surface area (Å²) < 4.78 is 11.2. The first-order chi connectivity index (χ1) is 11.7. The molecule has 1 N–H and O–H groups in total. The molecule has 0 radical (unpaired) electrons. The molecule has 1 atom stereocenters. The molecule has 1 unspecified atom stereocenters. The Morgan fingerprint density at radius 3 is 2.54 bits per heavy atom. The van der Waals surface area contributed by atoms with Crippen LogP contribution in [0.1, 0.15) is 42.8 Å². The summed E-state index contributed by atoms with van der Waals surface area (Å²) in [4.78, 5) is 0. The van der Waals surface area contributed by atoms with E-state index in [2.05, 4.69) is 6.92 Å². The molecule has 126 valence electrons. The third-order valence-corrected chi connectivity index (χ3v) is 4.39. The van der Waals surface area contributed by atoms with Gasteiger partial charge in [-0.3, -0.25) is 0 Å². The van der Waals surface area contributed by atoms with Crippen LogP contribution in [0.5, 0.6) is 5.75 Å². The van der Waals surface area contributed by atoms with Crippen LogP contribution in [0.4, 0.5) is 0 Å². The summed E-state index contributed by atoms with van der Waals surface area (Å²) in [7, 11) is 1.65. The van der Waals surface area contributed by atoms with Gasteiger partial charge < -0.3 is 14.3 Å². The van der Waals surface area contributed by atoms with Gasteiger partial charge in [-0.1, -0.05) is 43.7 Å². The fourth-order valence-electron chi connectivity index (χ4n) is 3.09. The lowest BCUT2D eigenvalue weighted by molar-refractivity contribution is 0.177. The number of aliphatic hydroxyl groups is 1. The normalized spacial score (nSPS) is 12.5. The number of fused-ring (bicyclic) bond motifs is 1. The Kier molecular flexibility index (Phi) is 5.21. The van der Waals surface area contributed by atoms with Crippen molar-refractivity contribution in [2.24, 2.45) is 0 Å². The largest absolute Gasteiger partial charge is 0.497 e. The number of rotatable bonds is 7. The summed E-state index contributed by atoms with van der Waals surface area (Å²) in [6, 6.07) is 15.8. The topological polar surface area (TPSA) is 42.6 Å². The number of methoxy groups -OCH3 is 1. The number of unbranched alkanes of at least 4 members (excludes halogenated alkanes) is 1. The van der Waals surface area contributed by atoms with E-state index < -0.39 is 6.10 Å². The van der Waals surface area contributed by atoms with Crippen LogP contribution in [0.25, 0.3) is 11.0 Å². The van der Waals surface area contributed by atoms with Gasteiger partial charge in [0, 0.05) is 23.8 Å². The lowest BCUT2D eigenvalue weighted by Gasteiger charge is -2.12. The molecule has 0 saturated heterocycles. The average molecular weight is 324 g/mol. The van der Waals surface area contributed by atoms with Gasteiger partial charge in [0.1, 0.15) is 17.1 Å². The quantitative estimate of drug-likeness (QED) is 0.660. The summed E-state index contributed by atoms with van der Waals surface area (Å²) in [5, 5.41) is 11.9. The highest BCUT2D eigenvalue weighted by Crippen LogP contribution is 2.33. The Morgan fingerprint density at radius 2 is 1.83 bits per heavy atom. The maximum atomic E-state index is 10.9. The second-order valence-electron chi connectivity index (χ2n) is 6.11. The molecule has 3 rings (SSSR count). The molecule has 3 heteroatoms. The van der Waals surface area contributed by atoms with Crippen molar-refractivity contribution >= 4 is 11.0 Å². The summed E-state index contributed by atoms with van der Waals surface area (Å²) in [5.41, 5.74) is 2.87. The van der Waals surface area contributed by atoms with E-state index in [1.54, 1.807) is 7.11 Å². The lowest BCUT2D eigenvalue weighted by atomic mass is 9.97. The van der Waals surface area contributed by atoms with Crippen molar-refractivity contribution in [2.75, 3.05) is 7.11 Å². The molecule has 3 nitrogen and oxygen atoms in total. The summed E-state index contributed by atoms with van der Waals surface area (Å²) in [6.45, 7) is 2.16. The minimum absolute atomic E-state index is 0.562. The summed E-state index contributed by atoms with van der Waals surface area (Å²) in [5.74, 6) is 1.74. The van der Waals surface area contributed by atoms with Crippen LogP contribution >= 0.6 is 0 Å². The van der Waals surface area contributed by atoms with Gasteiger partial charge in [0.05, 0.1) is 13.2 Å². The fourth-order valence-corrected chi connectivity index (χ4v) is 3.09. The van der Waals surface area contributed by atoms with E-state index >= 15 is 0 Å². The monoisotopic (exact) mass is 324 g/mol. The number of aryl methyl sites for hydroxylation is 1. The Hall–Kier alpha value is -2.26. The van der Waals surface area contributed by atoms with E-state index in [1.165, 1.54) is 0 Å². The van der Waals surface area contributed by atoms with Crippen molar-refractivity contribution in [3.8, 4) is 5.75 Å². The Labute approximate surface area is 142 Å². The molecule has 1 aromatic heterocycles. The number of hydrogen-bond donors (Lipinski definition) is 1. The molecule has 0 aliphatic rings. The molecule has 3 aromatic rings. The first kappa shape index (κ1) is 16.6. The van der Waals surface area contributed by atoms with E-state index in [1.807, 2.05) is 48.5 Å². The van der Waals surface area contributed by atoms with E-state index in [0.717, 1.165) is 52.9 Å². The van der Waals surface area contributed by atoms with Gasteiger partial charge in [-0.15, -0.1) is 0 Å². The van der Waals surface area contributed by atoms with E-state index in [0.29, 0.717) is 6.42 Å². The Morgan fingerprint density at radius 1 is 1.08 bits per heavy atom. The Balaban J connectivity index is 1.90. The highest BCUT2D eigenvalue weighted by atomic mass is 16.5. The third kappa shape index (κ3) is 3.46. The van der Waals surface area contributed by atoms with Gasteiger partial charge in [-0.25, -0.2) is 0 Å². The first-order valence-electron chi connectivity index (χ1n) is 8.54. The molecule has 0 aliphatic carbocycles. The van der Waals surface area contributed by atoms with Crippen molar-refractivity contribution in [2.45, 2.75) is 38.7 Å². The van der Waals surface area contributed by atoms with Gasteiger partial charge in [-0.2, -0.15) is 0 Å². The predicted molar refractivity (Wildman–Crippen MR) is 96.5 cm³/mol. The molecular weight excluding hydrogens is 300 g/mol. The molecule has 1 heterocycles. The molecule has 0 saturated carbocycles. The van der Waals surface area contributed by atoms with Crippen molar-refractivity contribution in [1.29, 1.82) is 0 Å². The molecule has 0 fully saturated rings. The zero-order chi connectivity index (χ0) is 16.9. The maximum absolute atomic E-state index is 10.9. The van der Waals surface area contributed by atoms with E-state index in [9.17, 15) is 5.11 Å². The second-order valence-corrected chi connectivity index (χ2v) is 6.11. The van der Waals surface area contributed by atoms with Crippen LogP contribution in [0, 0.1) is 0 Å². The average Bonchev–Trinajstić information content (AvgIpc) is 2.99. The Bertz CT molecular complexity index is 786. The zero-order valence-electron chi connectivity index (χ0n) is 14.3. The predicted octanol–water partition coefficient (Wildman–Crippen LogP) is 5.06. The highest BCUT2D eigenvalue weighted by Gasteiger charge is 2.20. The molecule has 0 amide bonds. The van der Waals surface area contributed by atoms with E-state index in [-0.39, 0.29) is 0 Å². The van der Waals surface area contributed by atoms with Crippen LogP contribution in [-0.4, -0.2) is 12.2 Å². The van der Waals surface area contributed by atoms with Crippen LogP contribution in [-0.2, 0) is 12.8 Å². The number of para-hydroxylation sites is 1. The van der Waals surface area contributed by atoms with Crippen molar-refractivity contribution < 1.29 is 14.3 Å². The van der Waals surface area contributed by atoms with Gasteiger partial charge in [-0.05, 0) is 30.2 Å². The van der Waals surface area contributed by atoms with Crippen LogP contribution in [0.3, 0.4) is 0 Å². The van der Waals surface area contributed by atoms with Gasteiger partial charge in [0.15, 0.2) is 0 Å². The minimum Gasteiger partial charge on any atom is -0.497 e. The van der Waals surface area contributed by atoms with Gasteiger partial charge in [0.25, 0.3) is 0 Å². The molecule has 0 bridgehead atoms. The van der Waals surface area contributed by atoms with Gasteiger partial charge >= 0.3 is 0 Å². The number of aliphatic hydroxyl groups excluding tert-OH is 1. The standard InChI is InChI=1S/C21H24O3/c1-3-4-8-20-21(17-7-5-6-9-19(17)24-20)18(22)14-15-10-12-16(23-2)13-11-15/h5-7,9-13,18,22H,3-4,8,14H2,1-2H3. The van der Waals surface area contributed by atoms with Crippen molar-refractivity contribution in [3.05, 3.63) is 65.4 Å². The molecular formula is C21H24O3. The maximum Gasteiger partial charge on any atom is 0.134 e. The molecule has 24 heavy (non-hydrogen) atoms. The smallest absolute Gasteiger partial charge is 0.134 e. The third-order valence-electron chi connectivity index (χ3n) is 4.39. The summed E-state index contributed by atoms with van der Waals surface area (Å²) >= 11 is 0. The molecule has 0 aliphatic heterocycles. The summed E-state index contributed by atoms with van der Waals surface area (Å²) in [6.07, 6.45) is 3.01. The number of furan rings is 1. The van der Waals surface area contributed by atoms with Crippen molar-refractivity contribution in [1.82, 2.24) is 0 Å². The second kappa shape index (κ2) is 7.54. The number of benzene rings is 2. The van der Waals surface area contributed by atoms with E-state index in [4.69, 9.17) is 9.15 Å². The van der Waals surface area contributed by atoms with Crippen LogP contribution < -0.4 is 4.74 Å². The minimum atomic E-state index is -0.575. The highest BCUT2D eigenvalue weighted by molar-refractivity contribution is 5.82. The lowest BCUT2D eigenvalue weighted by Crippen LogP contribution is -2.04. The zero-order valence-corrected chi connectivity index (χ0v) is 14.3. The van der Waals surface area contributed by atoms with Gasteiger partial charge in [0.2, 0.25) is 0 Å². The number of ether oxygens (including phenoxy) is 1.